The van der Waals surface area contributed by atoms with Gasteiger partial charge in [-0.1, -0.05) is 66.2 Å². The molecule has 1 aliphatic rings. The Bertz CT molecular complexity index is 1130. The molecule has 1 N–H and O–H groups in total. The van der Waals surface area contributed by atoms with Crippen LogP contribution in [0.4, 0.5) is 5.69 Å². The van der Waals surface area contributed by atoms with Crippen LogP contribution in [0.1, 0.15) is 43.4 Å². The first-order valence-electron chi connectivity index (χ1n) is 11.9. The third-order valence-electron chi connectivity index (χ3n) is 6.11. The van der Waals surface area contributed by atoms with E-state index in [4.69, 9.17) is 4.28 Å². The van der Waals surface area contributed by atoms with Gasteiger partial charge in [0.15, 0.2) is 0 Å². The van der Waals surface area contributed by atoms with Crippen molar-refractivity contribution in [3.05, 3.63) is 95.6 Å². The first-order chi connectivity index (χ1) is 16.2. The number of benzene rings is 3. The number of nitrogens with one attached hydrogen (secondary N) is 1. The van der Waals surface area contributed by atoms with E-state index in [2.05, 4.69) is 48.6 Å². The lowest BCUT2D eigenvalue weighted by Gasteiger charge is -2.23. The van der Waals surface area contributed by atoms with Crippen molar-refractivity contribution in [1.82, 2.24) is 5.06 Å². The van der Waals surface area contributed by atoms with Gasteiger partial charge in [-0.15, -0.1) is 0 Å². The molecule has 0 aromatic heterocycles. The molecule has 0 saturated heterocycles. The minimum Gasteiger partial charge on any atom is -0.382 e. The van der Waals surface area contributed by atoms with Crippen LogP contribution in [0.15, 0.2) is 83.8 Å². The fourth-order valence-corrected chi connectivity index (χ4v) is 4.78. The lowest BCUT2D eigenvalue weighted by Crippen LogP contribution is -2.32. The zero-order valence-electron chi connectivity index (χ0n) is 20.6. The molecule has 5 nitrogen and oxygen atoms in total. The van der Waals surface area contributed by atoms with Gasteiger partial charge in [-0.2, -0.15) is 17.8 Å². The number of hydroxylamine groups is 2. The summed E-state index contributed by atoms with van der Waals surface area (Å²) in [4.78, 5) is 0.171. The summed E-state index contributed by atoms with van der Waals surface area (Å²) in [6.07, 6.45) is 4.17. The summed E-state index contributed by atoms with van der Waals surface area (Å²) in [6, 6.07) is 25.9. The van der Waals surface area contributed by atoms with Crippen molar-refractivity contribution >= 4 is 15.8 Å². The van der Waals surface area contributed by atoms with E-state index in [1.54, 1.807) is 31.3 Å². The van der Waals surface area contributed by atoms with Crippen LogP contribution in [0.3, 0.4) is 0 Å². The van der Waals surface area contributed by atoms with Crippen molar-refractivity contribution in [2.24, 2.45) is 0 Å². The molecule has 2 unspecified atom stereocenters. The molecular weight excluding hydrogens is 444 g/mol. The maximum absolute atomic E-state index is 12.3. The highest BCUT2D eigenvalue weighted by atomic mass is 32.2. The van der Waals surface area contributed by atoms with Gasteiger partial charge in [0.2, 0.25) is 0 Å². The van der Waals surface area contributed by atoms with Gasteiger partial charge in [-0.05, 0) is 75.8 Å². The normalized spacial score (nSPS) is 16.1. The summed E-state index contributed by atoms with van der Waals surface area (Å²) in [7, 11) is -2.12. The van der Waals surface area contributed by atoms with Crippen LogP contribution in [0.25, 0.3) is 0 Å². The van der Waals surface area contributed by atoms with Crippen LogP contribution in [0.2, 0.25) is 0 Å². The highest BCUT2D eigenvalue weighted by molar-refractivity contribution is 7.86. The standard InChI is InChI=1S/C18H23NO3S.C10H13N/c1-15-9-13-18(14-10-15)23(20,21)22-19(3)16(2)11-12-17-7-5-4-6-8-17;1-8-6-7-9-4-2-3-5-10(9)11-8/h4-10,13-14,16H,11-12H2,1-3H3;2-5,8,11H,6-7H2,1H3. The minimum absolute atomic E-state index is 0.0181. The van der Waals surface area contributed by atoms with Gasteiger partial charge in [-0.25, -0.2) is 0 Å². The smallest absolute Gasteiger partial charge is 0.313 e. The van der Waals surface area contributed by atoms with E-state index in [0.29, 0.717) is 6.04 Å². The molecule has 182 valence electrons. The first-order valence-corrected chi connectivity index (χ1v) is 13.3. The van der Waals surface area contributed by atoms with Gasteiger partial charge in [0.1, 0.15) is 0 Å². The first kappa shape index (κ1) is 25.9. The molecule has 0 fully saturated rings. The SMILES string of the molecule is CC1CCc2ccccc2N1.Cc1ccc(S(=O)(=O)ON(C)C(C)CCc2ccccc2)cc1. The number of rotatable bonds is 7. The number of hydrogen-bond acceptors (Lipinski definition) is 5. The Morgan fingerprint density at radius 1 is 1.00 bits per heavy atom. The van der Waals surface area contributed by atoms with Crippen LogP contribution < -0.4 is 5.32 Å². The lowest BCUT2D eigenvalue weighted by molar-refractivity contribution is -0.0603. The van der Waals surface area contributed by atoms with Gasteiger partial charge in [-0.3, -0.25) is 0 Å². The number of hydrogen-bond donors (Lipinski definition) is 1. The lowest BCUT2D eigenvalue weighted by atomic mass is 9.99. The van der Waals surface area contributed by atoms with Crippen LogP contribution >= 0.6 is 0 Å². The Morgan fingerprint density at radius 2 is 1.65 bits per heavy atom. The zero-order chi connectivity index (χ0) is 24.6. The van der Waals surface area contributed by atoms with Crippen molar-refractivity contribution in [2.75, 3.05) is 12.4 Å². The molecular formula is C28H36N2O3S. The largest absolute Gasteiger partial charge is 0.382 e. The Morgan fingerprint density at radius 3 is 2.35 bits per heavy atom. The third-order valence-corrected chi connectivity index (χ3v) is 7.39. The second-order valence-electron chi connectivity index (χ2n) is 9.00. The van der Waals surface area contributed by atoms with Crippen molar-refractivity contribution in [3.63, 3.8) is 0 Å². The summed E-state index contributed by atoms with van der Waals surface area (Å²) in [6.45, 7) is 6.10. The predicted molar refractivity (Wildman–Crippen MR) is 139 cm³/mol. The van der Waals surface area contributed by atoms with E-state index in [1.807, 2.05) is 32.0 Å². The Kier molecular flexibility index (Phi) is 9.28. The minimum atomic E-state index is -3.78. The molecule has 0 bridgehead atoms. The Labute approximate surface area is 204 Å². The molecule has 3 aromatic rings. The molecule has 1 heterocycles. The molecule has 4 rings (SSSR count). The molecule has 0 saturated carbocycles. The molecule has 0 aliphatic carbocycles. The molecule has 0 radical (unpaired) electrons. The van der Waals surface area contributed by atoms with E-state index in [-0.39, 0.29) is 10.9 Å². The summed E-state index contributed by atoms with van der Waals surface area (Å²) in [5.74, 6) is 0. The van der Waals surface area contributed by atoms with E-state index in [9.17, 15) is 8.42 Å². The maximum atomic E-state index is 12.3. The van der Waals surface area contributed by atoms with Crippen LogP contribution in [0, 0.1) is 6.92 Å². The second-order valence-corrected chi connectivity index (χ2v) is 10.5. The third kappa shape index (κ3) is 7.69. The van der Waals surface area contributed by atoms with E-state index in [0.717, 1.165) is 18.4 Å². The highest BCUT2D eigenvalue weighted by Crippen LogP contribution is 2.23. The topological polar surface area (TPSA) is 58.6 Å². The molecule has 1 aliphatic heterocycles. The average Bonchev–Trinajstić information content (AvgIpc) is 2.83. The molecule has 6 heteroatoms. The number of anilines is 1. The highest BCUT2D eigenvalue weighted by Gasteiger charge is 2.21. The van der Waals surface area contributed by atoms with Crippen molar-refractivity contribution in [2.45, 2.75) is 63.4 Å². The fraction of sp³-hybridized carbons (Fsp3) is 0.357. The molecule has 3 aromatic carbocycles. The van der Waals surface area contributed by atoms with E-state index >= 15 is 0 Å². The van der Waals surface area contributed by atoms with Gasteiger partial charge in [0.05, 0.1) is 4.90 Å². The van der Waals surface area contributed by atoms with Crippen LogP contribution in [0.5, 0.6) is 0 Å². The van der Waals surface area contributed by atoms with Crippen LogP contribution in [-0.2, 0) is 27.2 Å². The van der Waals surface area contributed by atoms with Gasteiger partial charge >= 0.3 is 10.1 Å². The van der Waals surface area contributed by atoms with Crippen molar-refractivity contribution < 1.29 is 12.7 Å². The second kappa shape index (κ2) is 12.2. The molecule has 34 heavy (non-hydrogen) atoms. The summed E-state index contributed by atoms with van der Waals surface area (Å²) in [5.41, 5.74) is 5.03. The maximum Gasteiger partial charge on any atom is 0.313 e. The molecule has 0 spiro atoms. The Balaban J connectivity index is 0.000000243. The Hall–Kier alpha value is -2.67. The summed E-state index contributed by atoms with van der Waals surface area (Å²) >= 11 is 0. The zero-order valence-corrected chi connectivity index (χ0v) is 21.4. The van der Waals surface area contributed by atoms with Gasteiger partial charge in [0, 0.05) is 24.8 Å². The fourth-order valence-electron chi connectivity index (χ4n) is 3.77. The quantitative estimate of drug-likeness (QED) is 0.420. The summed E-state index contributed by atoms with van der Waals surface area (Å²) < 4.78 is 29.8. The van der Waals surface area contributed by atoms with Gasteiger partial charge in [0.25, 0.3) is 0 Å². The number of fused-ring (bicyclic) bond motifs is 1. The van der Waals surface area contributed by atoms with Crippen molar-refractivity contribution in [3.8, 4) is 0 Å². The monoisotopic (exact) mass is 480 g/mol. The molecule has 2 atom stereocenters. The molecule has 0 amide bonds. The van der Waals surface area contributed by atoms with E-state index in [1.165, 1.54) is 34.7 Å². The summed E-state index contributed by atoms with van der Waals surface area (Å²) in [5, 5.41) is 4.87. The van der Waals surface area contributed by atoms with Crippen LogP contribution in [-0.4, -0.2) is 32.6 Å². The van der Waals surface area contributed by atoms with Crippen molar-refractivity contribution in [1.29, 1.82) is 0 Å². The number of para-hydroxylation sites is 1. The average molecular weight is 481 g/mol. The van der Waals surface area contributed by atoms with Gasteiger partial charge < -0.3 is 5.32 Å². The number of aryl methyl sites for hydroxylation is 3. The predicted octanol–water partition coefficient (Wildman–Crippen LogP) is 6.00. The van der Waals surface area contributed by atoms with E-state index < -0.39 is 10.1 Å². The number of nitrogens with zero attached hydrogens (tertiary/aromatic N) is 1.